The van der Waals surface area contributed by atoms with Crippen molar-refractivity contribution in [2.24, 2.45) is 0 Å². The lowest BCUT2D eigenvalue weighted by Crippen LogP contribution is -2.39. The monoisotopic (exact) mass is 325 g/mol. The highest BCUT2D eigenvalue weighted by Crippen LogP contribution is 2.19. The van der Waals surface area contributed by atoms with Gasteiger partial charge in [0.1, 0.15) is 11.8 Å². The van der Waals surface area contributed by atoms with E-state index in [-0.39, 0.29) is 0 Å². The molecule has 19 heavy (non-hydrogen) atoms. The number of rotatable bonds is 3. The molecular formula is C13H16BrN3O2. The second-order valence-corrected chi connectivity index (χ2v) is 5.60. The summed E-state index contributed by atoms with van der Waals surface area (Å²) in [6.45, 7) is 3.84. The van der Waals surface area contributed by atoms with Crippen molar-refractivity contribution >= 4 is 21.6 Å². The highest BCUT2D eigenvalue weighted by molar-refractivity contribution is 9.10. The van der Waals surface area contributed by atoms with Crippen LogP contribution in [-0.4, -0.2) is 52.2 Å². The maximum absolute atomic E-state index is 10.4. The molecule has 0 radical (unpaired) electrons. The molecule has 3 rings (SSSR count). The molecule has 1 aliphatic heterocycles. The number of ether oxygens (including phenoxy) is 1. The van der Waals surface area contributed by atoms with Gasteiger partial charge in [0, 0.05) is 30.3 Å². The number of hydrogen-bond acceptors (Lipinski definition) is 4. The van der Waals surface area contributed by atoms with Crippen molar-refractivity contribution in [1.82, 2.24) is 14.3 Å². The van der Waals surface area contributed by atoms with Gasteiger partial charge in [0.15, 0.2) is 0 Å². The van der Waals surface area contributed by atoms with Gasteiger partial charge < -0.3 is 14.2 Å². The van der Waals surface area contributed by atoms with Gasteiger partial charge in [-0.05, 0) is 28.1 Å². The number of pyridine rings is 1. The van der Waals surface area contributed by atoms with Gasteiger partial charge in [0.05, 0.1) is 25.1 Å². The van der Waals surface area contributed by atoms with Crippen molar-refractivity contribution in [3.8, 4) is 0 Å². The second-order valence-electron chi connectivity index (χ2n) is 4.69. The van der Waals surface area contributed by atoms with Crippen LogP contribution in [0.15, 0.2) is 29.0 Å². The van der Waals surface area contributed by atoms with Gasteiger partial charge in [0.25, 0.3) is 0 Å². The molecule has 5 nitrogen and oxygen atoms in total. The summed E-state index contributed by atoms with van der Waals surface area (Å²) in [5.41, 5.74) is 1.67. The van der Waals surface area contributed by atoms with E-state index in [2.05, 4.69) is 25.8 Å². The zero-order valence-electron chi connectivity index (χ0n) is 10.5. The summed E-state index contributed by atoms with van der Waals surface area (Å²) in [5.74, 6) is 0. The lowest BCUT2D eigenvalue weighted by molar-refractivity contribution is 0.0134. The molecule has 1 N–H and O–H groups in total. The van der Waals surface area contributed by atoms with Gasteiger partial charge in [-0.15, -0.1) is 0 Å². The molecule has 1 atom stereocenters. The van der Waals surface area contributed by atoms with Crippen LogP contribution in [0.25, 0.3) is 5.65 Å². The molecule has 102 valence electrons. The summed E-state index contributed by atoms with van der Waals surface area (Å²) in [4.78, 5) is 6.53. The molecule has 0 spiro atoms. The zero-order valence-corrected chi connectivity index (χ0v) is 12.1. The van der Waals surface area contributed by atoms with E-state index in [9.17, 15) is 5.11 Å². The molecule has 1 saturated heterocycles. The molecule has 1 aliphatic rings. The number of aliphatic hydroxyl groups excluding tert-OH is 1. The normalized spacial score (nSPS) is 18.8. The van der Waals surface area contributed by atoms with E-state index < -0.39 is 6.10 Å². The van der Waals surface area contributed by atoms with E-state index in [0.29, 0.717) is 6.54 Å². The van der Waals surface area contributed by atoms with Crippen LogP contribution in [0.5, 0.6) is 0 Å². The molecule has 0 aliphatic carbocycles. The molecule has 0 amide bonds. The van der Waals surface area contributed by atoms with Crippen molar-refractivity contribution in [3.05, 3.63) is 34.7 Å². The lowest BCUT2D eigenvalue weighted by atomic mass is 10.2. The summed E-state index contributed by atoms with van der Waals surface area (Å²) in [6, 6.07) is 3.87. The largest absolute Gasteiger partial charge is 0.385 e. The number of hydrogen-bond donors (Lipinski definition) is 1. The van der Waals surface area contributed by atoms with Gasteiger partial charge in [-0.1, -0.05) is 0 Å². The number of halogens is 1. The molecule has 2 aromatic rings. The van der Waals surface area contributed by atoms with Crippen LogP contribution in [0.2, 0.25) is 0 Å². The number of morpholine rings is 1. The first kappa shape index (κ1) is 13.1. The SMILES string of the molecule is OC(CN1CCOCC1)c1cnc2ccc(Br)cn12. The minimum atomic E-state index is -0.539. The fourth-order valence-electron chi connectivity index (χ4n) is 2.34. The molecule has 0 aromatic carbocycles. The third kappa shape index (κ3) is 2.81. The van der Waals surface area contributed by atoms with Gasteiger partial charge in [-0.2, -0.15) is 0 Å². The van der Waals surface area contributed by atoms with Crippen LogP contribution in [0.1, 0.15) is 11.8 Å². The van der Waals surface area contributed by atoms with E-state index in [0.717, 1.165) is 42.1 Å². The highest BCUT2D eigenvalue weighted by Gasteiger charge is 2.19. The Morgan fingerprint density at radius 2 is 2.16 bits per heavy atom. The van der Waals surface area contributed by atoms with Gasteiger partial charge in [-0.3, -0.25) is 4.90 Å². The van der Waals surface area contributed by atoms with Crippen molar-refractivity contribution < 1.29 is 9.84 Å². The summed E-state index contributed by atoms with van der Waals surface area (Å²) >= 11 is 3.44. The Labute approximate surface area is 119 Å². The van der Waals surface area contributed by atoms with Crippen molar-refractivity contribution in [2.75, 3.05) is 32.8 Å². The van der Waals surface area contributed by atoms with Gasteiger partial charge >= 0.3 is 0 Å². The number of fused-ring (bicyclic) bond motifs is 1. The fourth-order valence-corrected chi connectivity index (χ4v) is 2.68. The van der Waals surface area contributed by atoms with E-state index in [4.69, 9.17) is 4.74 Å². The molecule has 2 aromatic heterocycles. The first-order valence-corrected chi connectivity index (χ1v) is 7.14. The molecule has 1 unspecified atom stereocenters. The first-order valence-electron chi connectivity index (χ1n) is 6.35. The maximum atomic E-state index is 10.4. The molecule has 6 heteroatoms. The third-order valence-electron chi connectivity index (χ3n) is 3.37. The number of aliphatic hydroxyl groups is 1. The van der Waals surface area contributed by atoms with Crippen molar-refractivity contribution in [2.45, 2.75) is 6.10 Å². The van der Waals surface area contributed by atoms with Crippen LogP contribution >= 0.6 is 15.9 Å². The summed E-state index contributed by atoms with van der Waals surface area (Å²) in [5, 5.41) is 10.4. The Balaban J connectivity index is 1.80. The van der Waals surface area contributed by atoms with Crippen LogP contribution in [-0.2, 0) is 4.74 Å². The van der Waals surface area contributed by atoms with Crippen LogP contribution in [0.4, 0.5) is 0 Å². The maximum Gasteiger partial charge on any atom is 0.137 e. The Bertz CT molecular complexity index is 566. The van der Waals surface area contributed by atoms with Crippen LogP contribution in [0, 0.1) is 0 Å². The number of imidazole rings is 1. The standard InChI is InChI=1S/C13H16BrN3O2/c14-10-1-2-13-15-7-11(17(13)8-10)12(18)9-16-3-5-19-6-4-16/h1-2,7-8,12,18H,3-6,9H2. The quantitative estimate of drug-likeness (QED) is 0.928. The Morgan fingerprint density at radius 3 is 2.95 bits per heavy atom. The highest BCUT2D eigenvalue weighted by atomic mass is 79.9. The van der Waals surface area contributed by atoms with Gasteiger partial charge in [-0.25, -0.2) is 4.98 Å². The number of nitrogens with zero attached hydrogens (tertiary/aromatic N) is 3. The minimum Gasteiger partial charge on any atom is -0.385 e. The zero-order chi connectivity index (χ0) is 13.2. The summed E-state index contributed by atoms with van der Waals surface area (Å²) in [7, 11) is 0. The second kappa shape index (κ2) is 5.58. The van der Waals surface area contributed by atoms with E-state index in [1.165, 1.54) is 0 Å². The molecule has 0 bridgehead atoms. The topological polar surface area (TPSA) is 50.0 Å². The molecular weight excluding hydrogens is 310 g/mol. The predicted molar refractivity (Wildman–Crippen MR) is 75.1 cm³/mol. The summed E-state index contributed by atoms with van der Waals surface area (Å²) in [6.07, 6.45) is 3.13. The van der Waals surface area contributed by atoms with Crippen LogP contribution < -0.4 is 0 Å². The minimum absolute atomic E-state index is 0.539. The van der Waals surface area contributed by atoms with Crippen LogP contribution in [0.3, 0.4) is 0 Å². The Kier molecular flexibility index (Phi) is 3.83. The average molecular weight is 326 g/mol. The molecule has 1 fully saturated rings. The number of β-amino-alcohol motifs (C(OH)–C–C–N with tert-alkyl or cyclic N) is 1. The van der Waals surface area contributed by atoms with E-state index >= 15 is 0 Å². The molecule has 0 saturated carbocycles. The summed E-state index contributed by atoms with van der Waals surface area (Å²) < 4.78 is 8.21. The average Bonchev–Trinajstić information content (AvgIpc) is 2.82. The van der Waals surface area contributed by atoms with E-state index in [1.54, 1.807) is 6.20 Å². The predicted octanol–water partition coefficient (Wildman–Crippen LogP) is 1.46. The Morgan fingerprint density at radius 1 is 1.37 bits per heavy atom. The van der Waals surface area contributed by atoms with Gasteiger partial charge in [0.2, 0.25) is 0 Å². The Hall–Kier alpha value is -0.950. The number of aromatic nitrogens is 2. The van der Waals surface area contributed by atoms with E-state index in [1.807, 2.05) is 22.7 Å². The lowest BCUT2D eigenvalue weighted by Gasteiger charge is -2.28. The third-order valence-corrected chi connectivity index (χ3v) is 3.84. The fraction of sp³-hybridized carbons (Fsp3) is 0.462. The molecule has 3 heterocycles. The smallest absolute Gasteiger partial charge is 0.137 e. The van der Waals surface area contributed by atoms with Crippen molar-refractivity contribution in [1.29, 1.82) is 0 Å². The van der Waals surface area contributed by atoms with Crippen molar-refractivity contribution in [3.63, 3.8) is 0 Å². The first-order chi connectivity index (χ1) is 9.24.